The first-order valence-electron chi connectivity index (χ1n) is 6.44. The number of nitrogens with zero attached hydrogens (tertiary/aromatic N) is 1. The largest absolute Gasteiger partial charge is 0.466 e. The normalized spacial score (nSPS) is 13.0. The fraction of sp³-hybridized carbons (Fsp3) is 0.267. The molecule has 0 bridgehead atoms. The maximum atomic E-state index is 5.65. The van der Waals surface area contributed by atoms with E-state index in [0.717, 1.165) is 27.3 Å². The Morgan fingerprint density at radius 2 is 2.05 bits per heavy atom. The molecule has 3 aromatic rings. The number of nitrogens with one attached hydrogen (secondary N) is 1. The number of halogens is 1. The summed E-state index contributed by atoms with van der Waals surface area (Å²) >= 11 is 7.81. The second-order valence-electron chi connectivity index (χ2n) is 5.01. The average molecular weight is 398 g/mol. The Bertz CT molecular complexity index is 843. The summed E-state index contributed by atoms with van der Waals surface area (Å²) in [6.45, 7) is 6.12. The molecule has 5 heteroatoms. The summed E-state index contributed by atoms with van der Waals surface area (Å²) < 4.78 is 9.74. The van der Waals surface area contributed by atoms with Gasteiger partial charge >= 0.3 is 0 Å². The van der Waals surface area contributed by atoms with E-state index >= 15 is 0 Å². The molecule has 0 aliphatic heterocycles. The molecule has 1 aromatic carbocycles. The van der Waals surface area contributed by atoms with E-state index in [4.69, 9.17) is 16.6 Å². The van der Waals surface area contributed by atoms with E-state index in [1.54, 1.807) is 0 Å². The van der Waals surface area contributed by atoms with E-state index in [2.05, 4.69) is 63.3 Å². The van der Waals surface area contributed by atoms with Gasteiger partial charge in [-0.05, 0) is 79.8 Å². The van der Waals surface area contributed by atoms with E-state index in [9.17, 15) is 0 Å². The first-order chi connectivity index (χ1) is 9.47. The van der Waals surface area contributed by atoms with Crippen molar-refractivity contribution in [2.75, 3.05) is 0 Å². The van der Waals surface area contributed by atoms with Crippen molar-refractivity contribution in [2.45, 2.75) is 26.8 Å². The summed E-state index contributed by atoms with van der Waals surface area (Å²) in [5.41, 5.74) is 3.38. The first kappa shape index (κ1) is 13.9. The molecule has 20 heavy (non-hydrogen) atoms. The molecule has 1 atom stereocenters. The summed E-state index contributed by atoms with van der Waals surface area (Å²) in [4.78, 5) is 3.29. The van der Waals surface area contributed by atoms with Gasteiger partial charge in [0, 0.05) is 9.13 Å². The standard InChI is InChI=1S/C15H15IN2OS/c1-8-6-12(10(3)19-8)9(2)18-14-5-4-11(16)7-13(14)17-15(18)20/h4-7,9H,1-3H3,(H,17,20). The Balaban J connectivity index is 2.21. The van der Waals surface area contributed by atoms with Gasteiger partial charge in [0.05, 0.1) is 17.1 Å². The lowest BCUT2D eigenvalue weighted by Crippen LogP contribution is -2.07. The predicted octanol–water partition coefficient (Wildman–Crippen LogP) is 5.12. The van der Waals surface area contributed by atoms with Crippen molar-refractivity contribution >= 4 is 45.8 Å². The number of rotatable bonds is 2. The van der Waals surface area contributed by atoms with E-state index in [-0.39, 0.29) is 6.04 Å². The topological polar surface area (TPSA) is 33.9 Å². The molecule has 0 amide bonds. The van der Waals surface area contributed by atoms with Crippen LogP contribution < -0.4 is 0 Å². The zero-order valence-corrected chi connectivity index (χ0v) is 14.5. The Kier molecular flexibility index (Phi) is 3.50. The quantitative estimate of drug-likeness (QED) is 0.480. The van der Waals surface area contributed by atoms with Crippen LogP contribution in [0.4, 0.5) is 0 Å². The number of aromatic amines is 1. The smallest absolute Gasteiger partial charge is 0.178 e. The van der Waals surface area contributed by atoms with E-state index in [0.29, 0.717) is 0 Å². The Morgan fingerprint density at radius 3 is 2.70 bits per heavy atom. The zero-order chi connectivity index (χ0) is 14.4. The number of benzene rings is 1. The molecular weight excluding hydrogens is 383 g/mol. The Morgan fingerprint density at radius 1 is 1.30 bits per heavy atom. The lowest BCUT2D eigenvalue weighted by Gasteiger charge is -2.14. The highest BCUT2D eigenvalue weighted by atomic mass is 127. The van der Waals surface area contributed by atoms with Crippen molar-refractivity contribution in [3.8, 4) is 0 Å². The SMILES string of the molecule is Cc1cc(C(C)n2c(=S)[nH]c3cc(I)ccc32)c(C)o1. The van der Waals surface area contributed by atoms with Gasteiger partial charge in [-0.1, -0.05) is 0 Å². The molecular formula is C15H15IN2OS. The molecule has 0 radical (unpaired) electrons. The highest BCUT2D eigenvalue weighted by Crippen LogP contribution is 2.29. The van der Waals surface area contributed by atoms with Crippen LogP contribution in [-0.2, 0) is 0 Å². The van der Waals surface area contributed by atoms with Crippen molar-refractivity contribution in [2.24, 2.45) is 0 Å². The van der Waals surface area contributed by atoms with Crippen LogP contribution in [0.3, 0.4) is 0 Å². The maximum absolute atomic E-state index is 5.65. The number of aromatic nitrogens is 2. The summed E-state index contributed by atoms with van der Waals surface area (Å²) in [6, 6.07) is 8.56. The van der Waals surface area contributed by atoms with Gasteiger partial charge in [-0.15, -0.1) is 0 Å². The molecule has 0 saturated heterocycles. The van der Waals surface area contributed by atoms with Gasteiger partial charge in [-0.2, -0.15) is 0 Å². The molecule has 0 spiro atoms. The van der Waals surface area contributed by atoms with Crippen LogP contribution in [-0.4, -0.2) is 9.55 Å². The third kappa shape index (κ3) is 2.22. The van der Waals surface area contributed by atoms with E-state index in [1.165, 1.54) is 9.13 Å². The van der Waals surface area contributed by atoms with Gasteiger partial charge in [0.25, 0.3) is 0 Å². The number of furan rings is 1. The van der Waals surface area contributed by atoms with Gasteiger partial charge in [0.2, 0.25) is 0 Å². The van der Waals surface area contributed by atoms with Crippen LogP contribution in [0.15, 0.2) is 28.7 Å². The summed E-state index contributed by atoms with van der Waals surface area (Å²) in [7, 11) is 0. The van der Waals surface area contributed by atoms with Gasteiger partial charge in [-0.3, -0.25) is 0 Å². The van der Waals surface area contributed by atoms with Crippen molar-refractivity contribution < 1.29 is 4.42 Å². The third-order valence-electron chi connectivity index (χ3n) is 3.60. The van der Waals surface area contributed by atoms with Crippen molar-refractivity contribution in [1.29, 1.82) is 0 Å². The minimum Gasteiger partial charge on any atom is -0.466 e. The molecule has 1 unspecified atom stereocenters. The average Bonchev–Trinajstić information content (AvgIpc) is 2.87. The summed E-state index contributed by atoms with van der Waals surface area (Å²) in [5, 5.41) is 0. The van der Waals surface area contributed by atoms with Gasteiger partial charge in [0.1, 0.15) is 11.5 Å². The van der Waals surface area contributed by atoms with Crippen LogP contribution >= 0.6 is 34.8 Å². The second kappa shape index (κ2) is 5.04. The van der Waals surface area contributed by atoms with Crippen molar-refractivity contribution in [3.05, 3.63) is 49.7 Å². The summed E-state index contributed by atoms with van der Waals surface area (Å²) in [5.74, 6) is 1.89. The highest BCUT2D eigenvalue weighted by Gasteiger charge is 2.17. The maximum Gasteiger partial charge on any atom is 0.178 e. The Hall–Kier alpha value is -1.08. The van der Waals surface area contributed by atoms with Crippen LogP contribution in [0.25, 0.3) is 11.0 Å². The molecule has 0 saturated carbocycles. The summed E-state index contributed by atoms with van der Waals surface area (Å²) in [6.07, 6.45) is 0. The number of hydrogen-bond donors (Lipinski definition) is 1. The monoisotopic (exact) mass is 398 g/mol. The minimum atomic E-state index is 0.147. The lowest BCUT2D eigenvalue weighted by atomic mass is 10.1. The lowest BCUT2D eigenvalue weighted by molar-refractivity contribution is 0.495. The second-order valence-corrected chi connectivity index (χ2v) is 6.64. The minimum absolute atomic E-state index is 0.147. The van der Waals surface area contributed by atoms with E-state index < -0.39 is 0 Å². The molecule has 2 aromatic heterocycles. The number of imidazole rings is 1. The van der Waals surface area contributed by atoms with Gasteiger partial charge in [-0.25, -0.2) is 0 Å². The van der Waals surface area contributed by atoms with Gasteiger partial charge in [0.15, 0.2) is 4.77 Å². The predicted molar refractivity (Wildman–Crippen MR) is 91.8 cm³/mol. The van der Waals surface area contributed by atoms with Crippen LogP contribution in [0.1, 0.15) is 30.0 Å². The molecule has 0 aliphatic rings. The highest BCUT2D eigenvalue weighted by molar-refractivity contribution is 14.1. The molecule has 0 fully saturated rings. The number of hydrogen-bond acceptors (Lipinski definition) is 2. The van der Waals surface area contributed by atoms with Crippen molar-refractivity contribution in [1.82, 2.24) is 9.55 Å². The Labute approximate surface area is 136 Å². The molecule has 2 heterocycles. The molecule has 0 aliphatic carbocycles. The number of aryl methyl sites for hydroxylation is 2. The number of H-pyrrole nitrogens is 1. The van der Waals surface area contributed by atoms with Crippen LogP contribution in [0.5, 0.6) is 0 Å². The van der Waals surface area contributed by atoms with E-state index in [1.807, 2.05) is 13.8 Å². The zero-order valence-electron chi connectivity index (χ0n) is 11.5. The third-order valence-corrected chi connectivity index (χ3v) is 4.57. The number of fused-ring (bicyclic) bond motifs is 1. The fourth-order valence-corrected chi connectivity index (χ4v) is 3.55. The van der Waals surface area contributed by atoms with Crippen LogP contribution in [0, 0.1) is 22.2 Å². The molecule has 104 valence electrons. The van der Waals surface area contributed by atoms with Gasteiger partial charge < -0.3 is 14.0 Å². The van der Waals surface area contributed by atoms with Crippen molar-refractivity contribution in [3.63, 3.8) is 0 Å². The fourth-order valence-electron chi connectivity index (χ4n) is 2.69. The molecule has 3 nitrogen and oxygen atoms in total. The molecule has 1 N–H and O–H groups in total. The molecule has 3 rings (SSSR count). The first-order valence-corrected chi connectivity index (χ1v) is 7.93. The van der Waals surface area contributed by atoms with Crippen LogP contribution in [0.2, 0.25) is 0 Å².